The number of carboxylic acids is 1. The van der Waals surface area contributed by atoms with Gasteiger partial charge in [-0.3, -0.25) is 9.59 Å². The monoisotopic (exact) mass is 422 g/mol. The zero-order chi connectivity index (χ0) is 21.8. The topological polar surface area (TPSA) is 105 Å². The van der Waals surface area contributed by atoms with Crippen LogP contribution in [0.25, 0.3) is 11.1 Å². The molecule has 31 heavy (non-hydrogen) atoms. The summed E-state index contributed by atoms with van der Waals surface area (Å²) in [5, 5.41) is 14.1. The lowest BCUT2D eigenvalue weighted by Crippen LogP contribution is -2.46. The summed E-state index contributed by atoms with van der Waals surface area (Å²) in [6, 6.07) is 16.4. The number of benzene rings is 2. The molecule has 2 aromatic rings. The predicted molar refractivity (Wildman–Crippen MR) is 115 cm³/mol. The zero-order valence-electron chi connectivity index (χ0n) is 17.2. The number of fused-ring (bicyclic) bond motifs is 3. The molecule has 0 saturated heterocycles. The van der Waals surface area contributed by atoms with E-state index in [1.54, 1.807) is 0 Å². The predicted octanol–water partition coefficient (Wildman–Crippen LogP) is 3.28. The standard InChI is InChI=1S/C24H26N2O5/c27-22(25-10-9-23(28)29)13-15-11-16(12-15)26-24(30)31-14-21-19-7-3-1-5-17(19)18-6-2-4-8-20(18)21/h1-8,15-16,21H,9-14H2,(H,25,27)(H,26,30)(H,28,29). The molecule has 1 fully saturated rings. The molecule has 0 radical (unpaired) electrons. The summed E-state index contributed by atoms with van der Waals surface area (Å²) in [6.07, 6.45) is 1.27. The highest BCUT2D eigenvalue weighted by Crippen LogP contribution is 2.44. The van der Waals surface area contributed by atoms with E-state index in [0.717, 1.165) is 12.8 Å². The number of hydrogen-bond donors (Lipinski definition) is 3. The Bertz CT molecular complexity index is 938. The molecule has 0 aromatic heterocycles. The van der Waals surface area contributed by atoms with Gasteiger partial charge in [0.25, 0.3) is 0 Å². The van der Waals surface area contributed by atoms with Gasteiger partial charge in [0.2, 0.25) is 5.91 Å². The Balaban J connectivity index is 1.21. The summed E-state index contributed by atoms with van der Waals surface area (Å²) in [4.78, 5) is 34.6. The van der Waals surface area contributed by atoms with Crippen molar-refractivity contribution in [2.45, 2.75) is 37.6 Å². The maximum absolute atomic E-state index is 12.3. The summed E-state index contributed by atoms with van der Waals surface area (Å²) in [7, 11) is 0. The van der Waals surface area contributed by atoms with Crippen molar-refractivity contribution in [2.75, 3.05) is 13.2 Å². The second-order valence-electron chi connectivity index (χ2n) is 8.20. The van der Waals surface area contributed by atoms with E-state index in [2.05, 4.69) is 34.9 Å². The molecule has 2 aliphatic carbocycles. The number of nitrogens with one attached hydrogen (secondary N) is 2. The summed E-state index contributed by atoms with van der Waals surface area (Å²) in [5.41, 5.74) is 4.73. The third-order valence-electron chi connectivity index (χ3n) is 6.04. The fourth-order valence-electron chi connectivity index (χ4n) is 4.47. The molecule has 7 nitrogen and oxygen atoms in total. The van der Waals surface area contributed by atoms with Gasteiger partial charge in [-0.15, -0.1) is 0 Å². The van der Waals surface area contributed by atoms with Crippen molar-refractivity contribution in [3.05, 3.63) is 59.7 Å². The average Bonchev–Trinajstić information content (AvgIpc) is 3.04. The van der Waals surface area contributed by atoms with Crippen molar-refractivity contribution >= 4 is 18.0 Å². The van der Waals surface area contributed by atoms with Crippen LogP contribution < -0.4 is 10.6 Å². The Labute approximate surface area is 180 Å². The summed E-state index contributed by atoms with van der Waals surface area (Å²) >= 11 is 0. The summed E-state index contributed by atoms with van der Waals surface area (Å²) in [5.74, 6) is -0.854. The Morgan fingerprint density at radius 1 is 0.968 bits per heavy atom. The Morgan fingerprint density at radius 3 is 2.19 bits per heavy atom. The molecule has 2 amide bonds. The third kappa shape index (κ3) is 4.87. The second-order valence-corrected chi connectivity index (χ2v) is 8.20. The van der Waals surface area contributed by atoms with Crippen molar-refractivity contribution < 1.29 is 24.2 Å². The molecular weight excluding hydrogens is 396 g/mol. The van der Waals surface area contributed by atoms with E-state index in [-0.39, 0.29) is 43.4 Å². The first-order valence-corrected chi connectivity index (χ1v) is 10.6. The number of carbonyl (C=O) groups is 3. The average molecular weight is 422 g/mol. The largest absolute Gasteiger partial charge is 0.481 e. The van der Waals surface area contributed by atoms with Crippen LogP contribution >= 0.6 is 0 Å². The normalized spacial score (nSPS) is 19.0. The minimum Gasteiger partial charge on any atom is -0.481 e. The van der Waals surface area contributed by atoms with Crippen molar-refractivity contribution in [3.8, 4) is 11.1 Å². The van der Waals surface area contributed by atoms with Gasteiger partial charge in [0.1, 0.15) is 6.61 Å². The molecule has 162 valence electrons. The van der Waals surface area contributed by atoms with E-state index >= 15 is 0 Å². The van der Waals surface area contributed by atoms with Gasteiger partial charge in [0, 0.05) is 24.9 Å². The number of carbonyl (C=O) groups excluding carboxylic acids is 2. The number of hydrogen-bond acceptors (Lipinski definition) is 4. The lowest BCUT2D eigenvalue weighted by atomic mass is 9.78. The molecule has 0 bridgehead atoms. The molecular formula is C24H26N2O5. The lowest BCUT2D eigenvalue weighted by Gasteiger charge is -2.35. The van der Waals surface area contributed by atoms with E-state index in [1.807, 2.05) is 24.3 Å². The number of amides is 2. The molecule has 1 saturated carbocycles. The van der Waals surface area contributed by atoms with E-state index < -0.39 is 12.1 Å². The molecule has 0 atom stereocenters. The zero-order valence-corrected chi connectivity index (χ0v) is 17.2. The van der Waals surface area contributed by atoms with E-state index in [9.17, 15) is 14.4 Å². The van der Waals surface area contributed by atoms with Crippen molar-refractivity contribution in [3.63, 3.8) is 0 Å². The van der Waals surface area contributed by atoms with Gasteiger partial charge in [0.05, 0.1) is 6.42 Å². The number of aliphatic carboxylic acids is 1. The highest BCUT2D eigenvalue weighted by Gasteiger charge is 2.33. The van der Waals surface area contributed by atoms with Gasteiger partial charge in [-0.1, -0.05) is 48.5 Å². The van der Waals surface area contributed by atoms with Crippen LogP contribution in [-0.2, 0) is 14.3 Å². The van der Waals surface area contributed by atoms with Crippen LogP contribution in [0.5, 0.6) is 0 Å². The molecule has 3 N–H and O–H groups in total. The number of rotatable bonds is 8. The van der Waals surface area contributed by atoms with Crippen molar-refractivity contribution in [2.24, 2.45) is 5.92 Å². The van der Waals surface area contributed by atoms with Gasteiger partial charge < -0.3 is 20.5 Å². The first-order chi connectivity index (χ1) is 15.0. The molecule has 0 heterocycles. The third-order valence-corrected chi connectivity index (χ3v) is 6.04. The van der Waals surface area contributed by atoms with E-state index in [4.69, 9.17) is 9.84 Å². The fourth-order valence-corrected chi connectivity index (χ4v) is 4.47. The lowest BCUT2D eigenvalue weighted by molar-refractivity contribution is -0.136. The first kappa shape index (κ1) is 20.9. The van der Waals surface area contributed by atoms with Crippen LogP contribution in [0.4, 0.5) is 4.79 Å². The van der Waals surface area contributed by atoms with Gasteiger partial charge >= 0.3 is 12.1 Å². The first-order valence-electron chi connectivity index (χ1n) is 10.6. The minimum atomic E-state index is -0.934. The van der Waals surface area contributed by atoms with Crippen LogP contribution in [0.15, 0.2) is 48.5 Å². The molecule has 0 aliphatic heterocycles. The van der Waals surface area contributed by atoms with Crippen LogP contribution in [0.3, 0.4) is 0 Å². The molecule has 0 spiro atoms. The quantitative estimate of drug-likeness (QED) is 0.606. The smallest absolute Gasteiger partial charge is 0.407 e. The van der Waals surface area contributed by atoms with E-state index in [0.29, 0.717) is 6.42 Å². The number of carboxylic acid groups (broad SMARTS) is 1. The number of alkyl carbamates (subject to hydrolysis) is 1. The highest BCUT2D eigenvalue weighted by molar-refractivity contribution is 5.79. The maximum Gasteiger partial charge on any atom is 0.407 e. The Kier molecular flexibility index (Phi) is 6.21. The Hall–Kier alpha value is -3.35. The van der Waals surface area contributed by atoms with Gasteiger partial charge in [-0.05, 0) is 41.0 Å². The van der Waals surface area contributed by atoms with Crippen molar-refractivity contribution in [1.29, 1.82) is 0 Å². The van der Waals surface area contributed by atoms with Crippen LogP contribution in [0.2, 0.25) is 0 Å². The van der Waals surface area contributed by atoms with Gasteiger partial charge in [0.15, 0.2) is 0 Å². The SMILES string of the molecule is O=C(O)CCNC(=O)CC1CC(NC(=O)OCC2c3ccccc3-c3ccccc32)C1. The minimum absolute atomic E-state index is 0.00692. The van der Waals surface area contributed by atoms with Crippen LogP contribution in [0, 0.1) is 5.92 Å². The Morgan fingerprint density at radius 2 is 1.58 bits per heavy atom. The summed E-state index contributed by atoms with van der Waals surface area (Å²) < 4.78 is 5.55. The molecule has 2 aromatic carbocycles. The highest BCUT2D eigenvalue weighted by atomic mass is 16.5. The molecule has 4 rings (SSSR count). The maximum atomic E-state index is 12.3. The number of ether oxygens (including phenoxy) is 1. The molecule has 7 heteroatoms. The van der Waals surface area contributed by atoms with Crippen LogP contribution in [-0.4, -0.2) is 42.3 Å². The van der Waals surface area contributed by atoms with Gasteiger partial charge in [-0.25, -0.2) is 4.79 Å². The fraction of sp³-hybridized carbons (Fsp3) is 0.375. The summed E-state index contributed by atoms with van der Waals surface area (Å²) in [6.45, 7) is 0.421. The van der Waals surface area contributed by atoms with E-state index in [1.165, 1.54) is 22.3 Å². The second kappa shape index (κ2) is 9.20. The molecule has 0 unspecified atom stereocenters. The van der Waals surface area contributed by atoms with Gasteiger partial charge in [-0.2, -0.15) is 0 Å². The van der Waals surface area contributed by atoms with Crippen molar-refractivity contribution in [1.82, 2.24) is 10.6 Å². The van der Waals surface area contributed by atoms with Crippen LogP contribution in [0.1, 0.15) is 42.7 Å². The molecule has 2 aliphatic rings.